The fraction of sp³-hybridized carbons (Fsp3) is 0.938. The van der Waals surface area contributed by atoms with Crippen LogP contribution in [-0.4, -0.2) is 69.5 Å². The lowest BCUT2D eigenvalue weighted by atomic mass is 10.0. The van der Waals surface area contributed by atoms with Crippen LogP contribution >= 0.6 is 24.0 Å². The minimum Gasteiger partial charge on any atom is -0.379 e. The Kier molecular flexibility index (Phi) is 14.2. The van der Waals surface area contributed by atoms with E-state index in [2.05, 4.69) is 29.1 Å². The molecule has 1 fully saturated rings. The minimum atomic E-state index is 0. The van der Waals surface area contributed by atoms with E-state index in [0.29, 0.717) is 11.9 Å². The Bertz CT molecular complexity index is 310. The maximum Gasteiger partial charge on any atom is 0.188 e. The van der Waals surface area contributed by atoms with Crippen molar-refractivity contribution in [2.75, 3.05) is 52.5 Å². The largest absolute Gasteiger partial charge is 0.379 e. The Morgan fingerprint density at radius 1 is 1.35 bits per heavy atom. The first kappa shape index (κ1) is 22.9. The third-order valence-corrected chi connectivity index (χ3v) is 3.88. The molecule has 1 aliphatic heterocycles. The van der Waals surface area contributed by atoms with Gasteiger partial charge in [-0.25, -0.2) is 0 Å². The SMILES string of the molecule is CCOC(CCNC(N)=NCCCN1CCOCC1)C(C)C.I. The molecule has 138 valence electrons. The Morgan fingerprint density at radius 3 is 2.65 bits per heavy atom. The van der Waals surface area contributed by atoms with Gasteiger partial charge in [-0.3, -0.25) is 9.89 Å². The Hall–Kier alpha value is -0.120. The molecule has 23 heavy (non-hydrogen) atoms. The third-order valence-electron chi connectivity index (χ3n) is 3.88. The molecule has 0 aliphatic carbocycles. The third kappa shape index (κ3) is 11.1. The zero-order chi connectivity index (χ0) is 16.2. The van der Waals surface area contributed by atoms with Crippen LogP contribution in [0, 0.1) is 5.92 Å². The van der Waals surface area contributed by atoms with Crippen LogP contribution in [0.15, 0.2) is 4.99 Å². The topological polar surface area (TPSA) is 72.1 Å². The number of ether oxygens (including phenoxy) is 2. The van der Waals surface area contributed by atoms with Crippen LogP contribution in [0.3, 0.4) is 0 Å². The van der Waals surface area contributed by atoms with Gasteiger partial charge < -0.3 is 20.5 Å². The average Bonchev–Trinajstić information content (AvgIpc) is 2.51. The van der Waals surface area contributed by atoms with Crippen LogP contribution in [0.2, 0.25) is 0 Å². The fourth-order valence-electron chi connectivity index (χ4n) is 2.54. The summed E-state index contributed by atoms with van der Waals surface area (Å²) >= 11 is 0. The van der Waals surface area contributed by atoms with Crippen molar-refractivity contribution in [2.24, 2.45) is 16.6 Å². The molecule has 1 saturated heterocycles. The van der Waals surface area contributed by atoms with Crippen molar-refractivity contribution in [3.8, 4) is 0 Å². The van der Waals surface area contributed by atoms with Gasteiger partial charge in [0.1, 0.15) is 0 Å². The molecule has 1 rings (SSSR count). The van der Waals surface area contributed by atoms with E-state index in [0.717, 1.165) is 65.4 Å². The number of guanidine groups is 1. The van der Waals surface area contributed by atoms with Gasteiger partial charge in [-0.05, 0) is 25.7 Å². The molecule has 7 heteroatoms. The number of halogens is 1. The zero-order valence-electron chi connectivity index (χ0n) is 14.9. The van der Waals surface area contributed by atoms with E-state index >= 15 is 0 Å². The number of hydrogen-bond acceptors (Lipinski definition) is 4. The molecular formula is C16H35IN4O2. The van der Waals surface area contributed by atoms with Gasteiger partial charge in [0.15, 0.2) is 5.96 Å². The number of nitrogens with two attached hydrogens (primary N) is 1. The van der Waals surface area contributed by atoms with Gasteiger partial charge in [0.05, 0.1) is 19.3 Å². The maximum atomic E-state index is 5.89. The molecule has 1 atom stereocenters. The van der Waals surface area contributed by atoms with Gasteiger partial charge in [0.25, 0.3) is 0 Å². The Balaban J connectivity index is 0.00000484. The van der Waals surface area contributed by atoms with Crippen LogP contribution < -0.4 is 11.1 Å². The van der Waals surface area contributed by atoms with Gasteiger partial charge in [0.2, 0.25) is 0 Å². The Morgan fingerprint density at radius 2 is 2.04 bits per heavy atom. The molecule has 1 unspecified atom stereocenters. The maximum absolute atomic E-state index is 5.89. The lowest BCUT2D eigenvalue weighted by Gasteiger charge is -2.26. The van der Waals surface area contributed by atoms with E-state index in [-0.39, 0.29) is 30.1 Å². The molecule has 0 aromatic carbocycles. The van der Waals surface area contributed by atoms with Crippen LogP contribution in [0.5, 0.6) is 0 Å². The molecule has 0 bridgehead atoms. The molecule has 0 spiro atoms. The predicted molar refractivity (Wildman–Crippen MR) is 107 cm³/mol. The number of rotatable bonds is 10. The highest BCUT2D eigenvalue weighted by molar-refractivity contribution is 14.0. The highest BCUT2D eigenvalue weighted by Crippen LogP contribution is 2.09. The summed E-state index contributed by atoms with van der Waals surface area (Å²) in [6.45, 7) is 13.6. The van der Waals surface area contributed by atoms with E-state index in [1.54, 1.807) is 0 Å². The summed E-state index contributed by atoms with van der Waals surface area (Å²) in [6.07, 6.45) is 2.28. The van der Waals surface area contributed by atoms with Gasteiger partial charge >= 0.3 is 0 Å². The van der Waals surface area contributed by atoms with Crippen molar-refractivity contribution in [3.05, 3.63) is 0 Å². The molecule has 0 aromatic heterocycles. The molecule has 6 nitrogen and oxygen atoms in total. The molecule has 0 saturated carbocycles. The highest BCUT2D eigenvalue weighted by Gasteiger charge is 2.12. The highest BCUT2D eigenvalue weighted by atomic mass is 127. The summed E-state index contributed by atoms with van der Waals surface area (Å²) in [7, 11) is 0. The summed E-state index contributed by atoms with van der Waals surface area (Å²) in [5.74, 6) is 1.06. The van der Waals surface area contributed by atoms with E-state index in [4.69, 9.17) is 15.2 Å². The second-order valence-electron chi connectivity index (χ2n) is 6.03. The summed E-state index contributed by atoms with van der Waals surface area (Å²) in [5, 5.41) is 3.18. The molecule has 1 aliphatic rings. The van der Waals surface area contributed by atoms with E-state index < -0.39 is 0 Å². The normalized spacial score (nSPS) is 17.8. The lowest BCUT2D eigenvalue weighted by molar-refractivity contribution is 0.0258. The average molecular weight is 442 g/mol. The van der Waals surface area contributed by atoms with Crippen molar-refractivity contribution in [2.45, 2.75) is 39.7 Å². The number of aliphatic imine (C=N–C) groups is 1. The van der Waals surface area contributed by atoms with Crippen molar-refractivity contribution < 1.29 is 9.47 Å². The minimum absolute atomic E-state index is 0. The summed E-state index contributed by atoms with van der Waals surface area (Å²) in [4.78, 5) is 6.80. The molecular weight excluding hydrogens is 407 g/mol. The van der Waals surface area contributed by atoms with E-state index in [9.17, 15) is 0 Å². The number of nitrogens with one attached hydrogen (secondary N) is 1. The summed E-state index contributed by atoms with van der Waals surface area (Å²) in [5.41, 5.74) is 5.89. The zero-order valence-corrected chi connectivity index (χ0v) is 17.3. The van der Waals surface area contributed by atoms with Gasteiger partial charge in [-0.1, -0.05) is 13.8 Å². The van der Waals surface area contributed by atoms with Crippen LogP contribution in [0.1, 0.15) is 33.6 Å². The lowest BCUT2D eigenvalue weighted by Crippen LogP contribution is -2.37. The molecule has 0 aromatic rings. The monoisotopic (exact) mass is 442 g/mol. The van der Waals surface area contributed by atoms with Crippen molar-refractivity contribution in [3.63, 3.8) is 0 Å². The standard InChI is InChI=1S/C16H34N4O2.HI/c1-4-22-15(14(2)3)6-8-19-16(17)18-7-5-9-20-10-12-21-13-11-20;/h14-15H,4-13H2,1-3H3,(H3,17,18,19);1H. The number of nitrogens with zero attached hydrogens (tertiary/aromatic N) is 2. The van der Waals surface area contributed by atoms with Crippen molar-refractivity contribution in [1.29, 1.82) is 0 Å². The van der Waals surface area contributed by atoms with Crippen LogP contribution in [-0.2, 0) is 9.47 Å². The molecule has 0 radical (unpaired) electrons. The van der Waals surface area contributed by atoms with Crippen LogP contribution in [0.25, 0.3) is 0 Å². The molecule has 3 N–H and O–H groups in total. The van der Waals surface area contributed by atoms with E-state index in [1.165, 1.54) is 0 Å². The second kappa shape index (κ2) is 14.2. The first-order valence-electron chi connectivity index (χ1n) is 8.59. The predicted octanol–water partition coefficient (Wildman–Crippen LogP) is 1.68. The van der Waals surface area contributed by atoms with Gasteiger partial charge in [-0.15, -0.1) is 24.0 Å². The summed E-state index contributed by atoms with van der Waals surface area (Å²) in [6, 6.07) is 0. The van der Waals surface area contributed by atoms with Crippen molar-refractivity contribution >= 4 is 29.9 Å². The van der Waals surface area contributed by atoms with E-state index in [1.807, 2.05) is 6.92 Å². The summed E-state index contributed by atoms with van der Waals surface area (Å²) < 4.78 is 11.0. The number of morpholine rings is 1. The molecule has 1 heterocycles. The molecule has 0 amide bonds. The second-order valence-corrected chi connectivity index (χ2v) is 6.03. The number of hydrogen-bond donors (Lipinski definition) is 2. The first-order chi connectivity index (χ1) is 10.6. The first-order valence-corrected chi connectivity index (χ1v) is 8.59. The quantitative estimate of drug-likeness (QED) is 0.233. The van der Waals surface area contributed by atoms with Crippen molar-refractivity contribution in [1.82, 2.24) is 10.2 Å². The van der Waals surface area contributed by atoms with Crippen LogP contribution in [0.4, 0.5) is 0 Å². The Labute approximate surface area is 158 Å². The smallest absolute Gasteiger partial charge is 0.188 e. The van der Waals surface area contributed by atoms with Gasteiger partial charge in [-0.2, -0.15) is 0 Å². The van der Waals surface area contributed by atoms with Gasteiger partial charge in [0, 0.05) is 39.3 Å². The fourth-order valence-corrected chi connectivity index (χ4v) is 2.54.